The molecule has 0 saturated heterocycles. The molecule has 0 radical (unpaired) electrons. The van der Waals surface area contributed by atoms with Gasteiger partial charge >= 0.3 is 0 Å². The number of aryl methyl sites for hydroxylation is 1. The lowest BCUT2D eigenvalue weighted by Crippen LogP contribution is -2.39. The van der Waals surface area contributed by atoms with Crippen molar-refractivity contribution in [3.05, 3.63) is 80.2 Å². The Morgan fingerprint density at radius 3 is 2.71 bits per heavy atom. The number of hydrogen-bond acceptors (Lipinski definition) is 3. The third-order valence-electron chi connectivity index (χ3n) is 4.57. The first kappa shape index (κ1) is 15.6. The predicted octanol–water partition coefficient (Wildman–Crippen LogP) is 4.92. The number of rotatable bonds is 4. The van der Waals surface area contributed by atoms with E-state index in [0.29, 0.717) is 6.42 Å². The highest BCUT2D eigenvalue weighted by Crippen LogP contribution is 2.39. The van der Waals surface area contributed by atoms with Gasteiger partial charge in [0.05, 0.1) is 6.04 Å². The van der Waals surface area contributed by atoms with Gasteiger partial charge in [0.1, 0.15) is 0 Å². The van der Waals surface area contributed by atoms with Crippen molar-refractivity contribution in [3.8, 4) is 0 Å². The molecule has 122 valence electrons. The van der Waals surface area contributed by atoms with Gasteiger partial charge in [0.2, 0.25) is 5.91 Å². The van der Waals surface area contributed by atoms with E-state index >= 15 is 0 Å². The molecule has 24 heavy (non-hydrogen) atoms. The number of carbonyl (C=O) groups is 1. The molecule has 1 aromatic carbocycles. The average molecular weight is 354 g/mol. The van der Waals surface area contributed by atoms with E-state index in [2.05, 4.69) is 46.0 Å². The largest absolute Gasteiger partial charge is 0.330 e. The molecule has 3 heterocycles. The number of benzene rings is 1. The third-order valence-corrected chi connectivity index (χ3v) is 6.49. The van der Waals surface area contributed by atoms with Gasteiger partial charge in [-0.05, 0) is 46.9 Å². The molecule has 0 N–H and O–H groups in total. The Bertz CT molecular complexity index is 807. The van der Waals surface area contributed by atoms with E-state index in [1.807, 2.05) is 29.5 Å². The van der Waals surface area contributed by atoms with E-state index in [4.69, 9.17) is 0 Å². The van der Waals surface area contributed by atoms with Crippen molar-refractivity contribution in [2.75, 3.05) is 6.54 Å². The smallest absolute Gasteiger partial charge is 0.223 e. The molecule has 0 fully saturated rings. The van der Waals surface area contributed by atoms with Gasteiger partial charge in [-0.2, -0.15) is 0 Å². The molecule has 2 nitrogen and oxygen atoms in total. The van der Waals surface area contributed by atoms with Crippen LogP contribution < -0.4 is 0 Å². The lowest BCUT2D eigenvalue weighted by Gasteiger charge is -2.35. The quantitative estimate of drug-likeness (QED) is 0.652. The summed E-state index contributed by atoms with van der Waals surface area (Å²) in [6.45, 7) is 0.823. The van der Waals surface area contributed by atoms with Crippen LogP contribution in [0.25, 0.3) is 0 Å². The second kappa shape index (κ2) is 6.91. The standard InChI is InChI=1S/C20H19NOS2/c22-19(9-8-15-5-2-1-3-6-15)21-12-10-17-16(11-14-24-17)20(21)18-7-4-13-23-18/h1-7,11,13-14,20H,8-10,12H2/t20-/m0/s1. The molecule has 1 amide bonds. The van der Waals surface area contributed by atoms with E-state index in [-0.39, 0.29) is 11.9 Å². The van der Waals surface area contributed by atoms with Gasteiger partial charge in [0.25, 0.3) is 0 Å². The fourth-order valence-electron chi connectivity index (χ4n) is 3.38. The Balaban J connectivity index is 1.56. The lowest BCUT2D eigenvalue weighted by molar-refractivity contribution is -0.133. The normalized spacial score (nSPS) is 16.8. The van der Waals surface area contributed by atoms with Crippen molar-refractivity contribution in [1.29, 1.82) is 0 Å². The van der Waals surface area contributed by atoms with Gasteiger partial charge in [0.15, 0.2) is 0 Å². The first-order valence-corrected chi connectivity index (χ1v) is 10.0. The fraction of sp³-hybridized carbons (Fsp3) is 0.250. The number of carbonyl (C=O) groups excluding carboxylic acids is 1. The van der Waals surface area contributed by atoms with Crippen LogP contribution in [-0.4, -0.2) is 17.4 Å². The van der Waals surface area contributed by atoms with Crippen molar-refractivity contribution in [3.63, 3.8) is 0 Å². The summed E-state index contributed by atoms with van der Waals surface area (Å²) in [5.74, 6) is 0.258. The summed E-state index contributed by atoms with van der Waals surface area (Å²) in [5, 5.41) is 4.26. The predicted molar refractivity (Wildman–Crippen MR) is 101 cm³/mol. The number of nitrogens with zero attached hydrogens (tertiary/aromatic N) is 1. The average Bonchev–Trinajstić information content (AvgIpc) is 3.31. The summed E-state index contributed by atoms with van der Waals surface area (Å²) >= 11 is 3.56. The lowest BCUT2D eigenvalue weighted by atomic mass is 9.97. The van der Waals surface area contributed by atoms with Crippen molar-refractivity contribution in [2.45, 2.75) is 25.3 Å². The molecule has 0 saturated carbocycles. The Morgan fingerprint density at radius 2 is 1.92 bits per heavy atom. The van der Waals surface area contributed by atoms with Crippen LogP contribution in [0.5, 0.6) is 0 Å². The second-order valence-corrected chi connectivity index (χ2v) is 8.02. The monoisotopic (exact) mass is 353 g/mol. The van der Waals surface area contributed by atoms with Crippen LogP contribution in [0.15, 0.2) is 59.3 Å². The van der Waals surface area contributed by atoms with Crippen molar-refractivity contribution in [1.82, 2.24) is 4.90 Å². The fourth-order valence-corrected chi connectivity index (χ4v) is 5.14. The summed E-state index contributed by atoms with van der Waals surface area (Å²) in [5.41, 5.74) is 2.55. The minimum Gasteiger partial charge on any atom is -0.330 e. The van der Waals surface area contributed by atoms with Gasteiger partial charge in [-0.1, -0.05) is 36.4 Å². The van der Waals surface area contributed by atoms with E-state index < -0.39 is 0 Å². The maximum atomic E-state index is 12.9. The SMILES string of the molecule is O=C(CCc1ccccc1)N1CCc2sccc2[C@H]1c1cccs1. The summed E-state index contributed by atoms with van der Waals surface area (Å²) in [4.78, 5) is 17.7. The highest BCUT2D eigenvalue weighted by atomic mass is 32.1. The van der Waals surface area contributed by atoms with Gasteiger partial charge in [-0.15, -0.1) is 22.7 Å². The molecule has 4 heteroatoms. The molecule has 1 atom stereocenters. The minimum absolute atomic E-state index is 0.100. The zero-order valence-electron chi connectivity index (χ0n) is 13.4. The van der Waals surface area contributed by atoms with Crippen LogP contribution in [0.4, 0.5) is 0 Å². The van der Waals surface area contributed by atoms with Crippen LogP contribution in [-0.2, 0) is 17.6 Å². The molecule has 0 bridgehead atoms. The first-order valence-electron chi connectivity index (χ1n) is 8.26. The number of thiophene rings is 2. The molecule has 3 aromatic rings. The molecular weight excluding hydrogens is 334 g/mol. The van der Waals surface area contributed by atoms with Gasteiger partial charge in [-0.25, -0.2) is 0 Å². The number of hydrogen-bond donors (Lipinski definition) is 0. The molecule has 1 aliphatic heterocycles. The van der Waals surface area contributed by atoms with E-state index in [1.54, 1.807) is 11.3 Å². The zero-order valence-corrected chi connectivity index (χ0v) is 15.0. The van der Waals surface area contributed by atoms with Crippen LogP contribution >= 0.6 is 22.7 Å². The maximum Gasteiger partial charge on any atom is 0.223 e. The minimum atomic E-state index is 0.100. The van der Waals surface area contributed by atoms with Crippen LogP contribution in [0.1, 0.15) is 33.3 Å². The van der Waals surface area contributed by atoms with Crippen molar-refractivity contribution < 1.29 is 4.79 Å². The summed E-state index contributed by atoms with van der Waals surface area (Å²) in [6.07, 6.45) is 2.36. The number of fused-ring (bicyclic) bond motifs is 1. The Morgan fingerprint density at radius 1 is 1.04 bits per heavy atom. The van der Waals surface area contributed by atoms with E-state index in [0.717, 1.165) is 19.4 Å². The molecule has 0 unspecified atom stereocenters. The highest BCUT2D eigenvalue weighted by molar-refractivity contribution is 7.10. The highest BCUT2D eigenvalue weighted by Gasteiger charge is 2.32. The van der Waals surface area contributed by atoms with Crippen LogP contribution in [0, 0.1) is 0 Å². The van der Waals surface area contributed by atoms with Gasteiger partial charge in [0, 0.05) is 22.7 Å². The third kappa shape index (κ3) is 3.04. The summed E-state index contributed by atoms with van der Waals surface area (Å²) in [7, 11) is 0. The summed E-state index contributed by atoms with van der Waals surface area (Å²) in [6, 6.07) is 16.8. The molecular formula is C20H19NOS2. The summed E-state index contributed by atoms with van der Waals surface area (Å²) < 4.78 is 0. The molecule has 2 aromatic heterocycles. The van der Waals surface area contributed by atoms with Crippen molar-refractivity contribution in [2.24, 2.45) is 0 Å². The topological polar surface area (TPSA) is 20.3 Å². The zero-order chi connectivity index (χ0) is 16.4. The molecule has 0 spiro atoms. The molecule has 4 rings (SSSR count). The maximum absolute atomic E-state index is 12.9. The van der Waals surface area contributed by atoms with Crippen LogP contribution in [0.2, 0.25) is 0 Å². The van der Waals surface area contributed by atoms with Crippen LogP contribution in [0.3, 0.4) is 0 Å². The Hall–Kier alpha value is -1.91. The van der Waals surface area contributed by atoms with Gasteiger partial charge < -0.3 is 4.90 Å². The van der Waals surface area contributed by atoms with Crippen molar-refractivity contribution >= 4 is 28.6 Å². The van der Waals surface area contributed by atoms with E-state index in [9.17, 15) is 4.79 Å². The molecule has 1 aliphatic rings. The molecule has 0 aliphatic carbocycles. The number of amides is 1. The van der Waals surface area contributed by atoms with E-state index in [1.165, 1.54) is 20.9 Å². The van der Waals surface area contributed by atoms with Gasteiger partial charge in [-0.3, -0.25) is 4.79 Å². The second-order valence-electron chi connectivity index (χ2n) is 6.04. The Kier molecular flexibility index (Phi) is 4.50. The first-order chi connectivity index (χ1) is 11.8. The Labute approximate surface area is 150 Å².